The number of ether oxygens (including phenoxy) is 1. The molecular formula is C43H87N2O3+. The number of nitrogens with zero attached hydrogens (tertiary/aromatic N) is 1. The van der Waals surface area contributed by atoms with E-state index in [1.807, 2.05) is 0 Å². The highest BCUT2D eigenvalue weighted by atomic mass is 16.5. The Morgan fingerprint density at radius 3 is 1.23 bits per heavy atom. The number of nitrogens with one attached hydrogen (secondary N) is 1. The quantitative estimate of drug-likeness (QED) is 0.0293. The fraction of sp³-hybridized carbons (Fsp3) is 0.953. The van der Waals surface area contributed by atoms with E-state index in [2.05, 4.69) is 30.8 Å². The van der Waals surface area contributed by atoms with Crippen LogP contribution in [-0.4, -0.2) is 55.2 Å². The van der Waals surface area contributed by atoms with Crippen LogP contribution in [0.5, 0.6) is 0 Å². The minimum absolute atomic E-state index is 0.0534. The van der Waals surface area contributed by atoms with Crippen LogP contribution in [0.2, 0.25) is 0 Å². The van der Waals surface area contributed by atoms with Gasteiger partial charge in [-0.2, -0.15) is 0 Å². The van der Waals surface area contributed by atoms with E-state index in [9.17, 15) is 9.90 Å². The monoisotopic (exact) mass is 680 g/mol. The lowest BCUT2D eigenvalue weighted by Gasteiger charge is -2.15. The van der Waals surface area contributed by atoms with E-state index in [4.69, 9.17) is 4.74 Å². The number of unbranched alkanes of at least 4 members (excludes halogenated alkanes) is 29. The lowest BCUT2D eigenvalue weighted by atomic mass is 10.0. The minimum atomic E-state index is -0.0534. The molecule has 0 aliphatic heterocycles. The van der Waals surface area contributed by atoms with Gasteiger partial charge in [0.2, 0.25) is 0 Å². The highest BCUT2D eigenvalue weighted by Crippen LogP contribution is 2.15. The van der Waals surface area contributed by atoms with Crippen molar-refractivity contribution < 1.29 is 19.6 Å². The van der Waals surface area contributed by atoms with Crippen LogP contribution >= 0.6 is 0 Å². The van der Waals surface area contributed by atoms with Gasteiger partial charge >= 0.3 is 11.9 Å². The van der Waals surface area contributed by atoms with Gasteiger partial charge < -0.3 is 14.7 Å². The van der Waals surface area contributed by atoms with Crippen molar-refractivity contribution in [1.82, 2.24) is 4.90 Å². The van der Waals surface area contributed by atoms with Crippen molar-refractivity contribution in [3.63, 3.8) is 0 Å². The molecule has 0 rings (SSSR count). The first-order valence-corrected chi connectivity index (χ1v) is 21.7. The third-order valence-corrected chi connectivity index (χ3v) is 10.0. The van der Waals surface area contributed by atoms with Gasteiger partial charge in [0.05, 0.1) is 6.42 Å². The number of aliphatic hydroxyl groups is 1. The number of carbonyl (C=O) groups is 1. The van der Waals surface area contributed by atoms with E-state index in [1.54, 1.807) is 0 Å². The average molecular weight is 680 g/mol. The molecule has 5 heteroatoms. The van der Waals surface area contributed by atoms with Gasteiger partial charge in [0, 0.05) is 19.4 Å². The molecule has 5 nitrogen and oxygen atoms in total. The SMILES string of the molecule is CCCCCCCCCCCCCCCCCC[NH+]=C(O)CCCN(C)CCOC(=O)CCCCCCCCCCCCCCCCC. The molecule has 0 radical (unpaired) electrons. The average Bonchev–Trinajstić information content (AvgIpc) is 3.08. The Labute approximate surface area is 301 Å². The second kappa shape index (κ2) is 40.3. The van der Waals surface area contributed by atoms with Gasteiger partial charge in [0.15, 0.2) is 0 Å². The molecule has 0 aromatic rings. The van der Waals surface area contributed by atoms with Crippen LogP contribution in [-0.2, 0) is 9.53 Å². The molecule has 0 fully saturated rings. The van der Waals surface area contributed by atoms with Crippen molar-refractivity contribution in [2.45, 2.75) is 232 Å². The maximum absolute atomic E-state index is 12.1. The Kier molecular flexibility index (Phi) is 39.4. The van der Waals surface area contributed by atoms with Crippen LogP contribution in [0.25, 0.3) is 0 Å². The predicted molar refractivity (Wildman–Crippen MR) is 210 cm³/mol. The van der Waals surface area contributed by atoms with Crippen molar-refractivity contribution in [2.75, 3.05) is 33.3 Å². The van der Waals surface area contributed by atoms with Crippen LogP contribution in [0.4, 0.5) is 0 Å². The highest BCUT2D eigenvalue weighted by molar-refractivity contribution is 5.69. The number of esters is 1. The summed E-state index contributed by atoms with van der Waals surface area (Å²) < 4.78 is 5.45. The van der Waals surface area contributed by atoms with E-state index in [1.165, 1.54) is 180 Å². The van der Waals surface area contributed by atoms with Crippen LogP contribution in [0.1, 0.15) is 232 Å². The first kappa shape index (κ1) is 46.9. The van der Waals surface area contributed by atoms with Crippen LogP contribution in [0.15, 0.2) is 0 Å². The van der Waals surface area contributed by atoms with Gasteiger partial charge in [-0.05, 0) is 32.9 Å². The molecule has 0 bridgehead atoms. The Hall–Kier alpha value is -1.10. The standard InChI is InChI=1S/C43H86N2O3/c1-4-6-8-10-12-14-16-18-20-22-24-26-28-30-32-34-38-44-42(46)36-35-39-45(3)40-41-48-43(47)37-33-31-29-27-25-23-21-19-17-15-13-11-9-7-5-2/h4-41H2,1-3H3,(H,44,46)/p+1. The van der Waals surface area contributed by atoms with E-state index in [-0.39, 0.29) is 5.97 Å². The second-order valence-electron chi connectivity index (χ2n) is 15.0. The zero-order valence-electron chi connectivity index (χ0n) is 33.1. The number of aliphatic hydroxyl groups excluding tert-OH is 1. The second-order valence-corrected chi connectivity index (χ2v) is 15.0. The maximum atomic E-state index is 12.1. The molecule has 2 N–H and O–H groups in total. The van der Waals surface area contributed by atoms with Gasteiger partial charge in [-0.25, -0.2) is 4.99 Å². The highest BCUT2D eigenvalue weighted by Gasteiger charge is 2.07. The predicted octanol–water partition coefficient (Wildman–Crippen LogP) is 11.8. The number of hydrogen-bond donors (Lipinski definition) is 2. The fourth-order valence-electron chi connectivity index (χ4n) is 6.65. The number of hydrogen-bond acceptors (Lipinski definition) is 3. The summed E-state index contributed by atoms with van der Waals surface area (Å²) in [5.41, 5.74) is 0. The molecule has 0 aromatic carbocycles. The summed E-state index contributed by atoms with van der Waals surface area (Å²) in [5, 5.41) is 10.2. The Bertz CT molecular complexity index is 668. The molecule has 0 amide bonds. The van der Waals surface area contributed by atoms with Gasteiger partial charge in [0.25, 0.3) is 0 Å². The molecule has 0 aliphatic rings. The normalized spacial score (nSPS) is 12.0. The summed E-state index contributed by atoms with van der Waals surface area (Å²) in [5.74, 6) is 0.363. The Balaban J connectivity index is 3.40. The third-order valence-electron chi connectivity index (χ3n) is 10.0. The van der Waals surface area contributed by atoms with Gasteiger partial charge in [-0.3, -0.25) is 4.79 Å². The summed E-state index contributed by atoms with van der Waals surface area (Å²) in [6, 6.07) is 0. The maximum Gasteiger partial charge on any atom is 0.332 e. The largest absolute Gasteiger partial charge is 0.464 e. The number of rotatable bonds is 40. The lowest BCUT2D eigenvalue weighted by Crippen LogP contribution is -2.73. The summed E-state index contributed by atoms with van der Waals surface area (Å²) in [7, 11) is 2.06. The van der Waals surface area contributed by atoms with Crippen molar-refractivity contribution in [3.8, 4) is 0 Å². The van der Waals surface area contributed by atoms with E-state index in [0.717, 1.165) is 45.3 Å². The lowest BCUT2D eigenvalue weighted by molar-refractivity contribution is -0.468. The molecule has 0 unspecified atom stereocenters. The molecule has 0 spiro atoms. The van der Waals surface area contributed by atoms with Gasteiger partial charge in [-0.15, -0.1) is 0 Å². The first-order chi connectivity index (χ1) is 23.6. The van der Waals surface area contributed by atoms with Crippen LogP contribution in [0, 0.1) is 0 Å². The van der Waals surface area contributed by atoms with Gasteiger partial charge in [0.1, 0.15) is 13.2 Å². The summed E-state index contributed by atoms with van der Waals surface area (Å²) in [6.07, 6.45) is 44.3. The topological polar surface area (TPSA) is 63.7 Å². The van der Waals surface area contributed by atoms with E-state index in [0.29, 0.717) is 25.3 Å². The van der Waals surface area contributed by atoms with E-state index >= 15 is 0 Å². The summed E-state index contributed by atoms with van der Waals surface area (Å²) >= 11 is 0. The molecule has 286 valence electrons. The molecule has 0 heterocycles. The fourth-order valence-corrected chi connectivity index (χ4v) is 6.65. The van der Waals surface area contributed by atoms with Crippen molar-refractivity contribution in [3.05, 3.63) is 0 Å². The van der Waals surface area contributed by atoms with Crippen molar-refractivity contribution in [1.29, 1.82) is 0 Å². The molecule has 0 aromatic heterocycles. The Morgan fingerprint density at radius 2 is 0.833 bits per heavy atom. The number of carbonyl (C=O) groups excluding carboxylic acids is 1. The van der Waals surface area contributed by atoms with E-state index < -0.39 is 0 Å². The van der Waals surface area contributed by atoms with Crippen LogP contribution < -0.4 is 4.99 Å². The smallest absolute Gasteiger partial charge is 0.332 e. The first-order valence-electron chi connectivity index (χ1n) is 21.7. The minimum Gasteiger partial charge on any atom is -0.464 e. The van der Waals surface area contributed by atoms with Crippen LogP contribution in [0.3, 0.4) is 0 Å². The molecule has 0 saturated heterocycles. The molecule has 0 saturated carbocycles. The van der Waals surface area contributed by atoms with Gasteiger partial charge in [-0.1, -0.05) is 194 Å². The molecule has 0 atom stereocenters. The zero-order chi connectivity index (χ0) is 35.0. The van der Waals surface area contributed by atoms with Crippen molar-refractivity contribution in [2.24, 2.45) is 0 Å². The molecule has 0 aliphatic carbocycles. The zero-order valence-corrected chi connectivity index (χ0v) is 33.1. The number of likely N-dealkylation sites (N-methyl/N-ethyl adjacent to an activating group) is 1. The summed E-state index contributed by atoms with van der Waals surface area (Å²) in [4.78, 5) is 17.5. The molecular weight excluding hydrogens is 592 g/mol. The Morgan fingerprint density at radius 1 is 0.479 bits per heavy atom. The third kappa shape index (κ3) is 39.3. The van der Waals surface area contributed by atoms with Crippen molar-refractivity contribution >= 4 is 11.9 Å². The summed E-state index contributed by atoms with van der Waals surface area (Å²) in [6.45, 7) is 7.54. The molecule has 48 heavy (non-hydrogen) atoms.